The highest BCUT2D eigenvalue weighted by Gasteiger charge is 2.15. The van der Waals surface area contributed by atoms with Crippen LogP contribution in [0.4, 0.5) is 5.69 Å². The molecule has 0 radical (unpaired) electrons. The topological polar surface area (TPSA) is 94.2 Å². The first kappa shape index (κ1) is 17.4. The predicted octanol–water partition coefficient (Wildman–Crippen LogP) is 1.81. The number of nitrogens with zero attached hydrogens (tertiary/aromatic N) is 2. The maximum absolute atomic E-state index is 11.9. The Hall–Kier alpha value is -2.96. The van der Waals surface area contributed by atoms with Crippen LogP contribution >= 0.6 is 0 Å². The third-order valence-corrected chi connectivity index (χ3v) is 3.59. The van der Waals surface area contributed by atoms with Crippen LogP contribution in [0.2, 0.25) is 0 Å². The monoisotopic (exact) mass is 329 g/mol. The van der Waals surface area contributed by atoms with Crippen molar-refractivity contribution < 1.29 is 9.72 Å². The zero-order valence-corrected chi connectivity index (χ0v) is 13.4. The van der Waals surface area contributed by atoms with Crippen LogP contribution in [-0.4, -0.2) is 21.9 Å². The van der Waals surface area contributed by atoms with Crippen LogP contribution in [-0.2, 0) is 17.8 Å². The molecule has 0 aliphatic rings. The Morgan fingerprint density at radius 1 is 1.29 bits per heavy atom. The van der Waals surface area contributed by atoms with E-state index in [0.29, 0.717) is 25.1 Å². The van der Waals surface area contributed by atoms with E-state index in [-0.39, 0.29) is 23.6 Å². The second-order valence-electron chi connectivity index (χ2n) is 5.50. The molecule has 2 rings (SSSR count). The van der Waals surface area contributed by atoms with Crippen LogP contribution in [0.15, 0.2) is 47.4 Å². The minimum Gasteiger partial charge on any atom is -0.356 e. The summed E-state index contributed by atoms with van der Waals surface area (Å²) < 4.78 is 1.58. The fourth-order valence-corrected chi connectivity index (χ4v) is 2.34. The van der Waals surface area contributed by atoms with E-state index < -0.39 is 4.92 Å². The van der Waals surface area contributed by atoms with Crippen molar-refractivity contribution in [1.29, 1.82) is 0 Å². The number of carbonyl (C=O) groups is 1. The summed E-state index contributed by atoms with van der Waals surface area (Å²) in [6, 6.07) is 9.61. The molecule has 1 aromatic heterocycles. The van der Waals surface area contributed by atoms with Gasteiger partial charge in [-0.15, -0.1) is 0 Å². The Kier molecular flexibility index (Phi) is 5.83. The number of pyridine rings is 1. The van der Waals surface area contributed by atoms with E-state index in [1.165, 1.54) is 6.07 Å². The summed E-state index contributed by atoms with van der Waals surface area (Å²) in [7, 11) is 0. The van der Waals surface area contributed by atoms with Crippen LogP contribution in [0, 0.1) is 17.0 Å². The number of nitro groups is 1. The highest BCUT2D eigenvalue weighted by Crippen LogP contribution is 2.17. The van der Waals surface area contributed by atoms with Crippen molar-refractivity contribution in [2.24, 2.45) is 0 Å². The quantitative estimate of drug-likeness (QED) is 0.476. The molecule has 7 nitrogen and oxygen atoms in total. The molecule has 0 aliphatic carbocycles. The van der Waals surface area contributed by atoms with Gasteiger partial charge in [-0.3, -0.25) is 19.7 Å². The fraction of sp³-hybridized carbons (Fsp3) is 0.294. The molecule has 24 heavy (non-hydrogen) atoms. The zero-order valence-electron chi connectivity index (χ0n) is 13.4. The molecule has 0 unspecified atom stereocenters. The SMILES string of the molecule is Cc1ccn(CCCNC(=O)Cc2ccccc2[N+](=O)[O-])c(=O)c1. The van der Waals surface area contributed by atoms with Gasteiger partial charge in [0.05, 0.1) is 11.3 Å². The average molecular weight is 329 g/mol. The molecule has 1 amide bonds. The predicted molar refractivity (Wildman–Crippen MR) is 89.9 cm³/mol. The zero-order chi connectivity index (χ0) is 17.5. The number of para-hydroxylation sites is 1. The number of nitro benzene ring substituents is 1. The maximum Gasteiger partial charge on any atom is 0.273 e. The summed E-state index contributed by atoms with van der Waals surface area (Å²) in [6.45, 7) is 2.76. The van der Waals surface area contributed by atoms with Crippen molar-refractivity contribution in [2.75, 3.05) is 6.54 Å². The molecule has 0 fully saturated rings. The average Bonchev–Trinajstić information content (AvgIpc) is 2.53. The van der Waals surface area contributed by atoms with Crippen LogP contribution in [0.1, 0.15) is 17.5 Å². The van der Waals surface area contributed by atoms with Gasteiger partial charge in [-0.05, 0) is 25.0 Å². The third kappa shape index (κ3) is 4.77. The van der Waals surface area contributed by atoms with Gasteiger partial charge >= 0.3 is 0 Å². The molecule has 126 valence electrons. The van der Waals surface area contributed by atoms with E-state index >= 15 is 0 Å². The highest BCUT2D eigenvalue weighted by atomic mass is 16.6. The lowest BCUT2D eigenvalue weighted by Crippen LogP contribution is -2.28. The van der Waals surface area contributed by atoms with Gasteiger partial charge in [-0.25, -0.2) is 0 Å². The standard InChI is InChI=1S/C17H19N3O4/c1-13-7-10-19(17(22)11-13)9-4-8-18-16(21)12-14-5-2-3-6-15(14)20(23)24/h2-3,5-7,10-11H,4,8-9,12H2,1H3,(H,18,21). The van der Waals surface area contributed by atoms with E-state index in [2.05, 4.69) is 5.32 Å². The number of amides is 1. The molecule has 0 atom stereocenters. The Morgan fingerprint density at radius 3 is 2.75 bits per heavy atom. The van der Waals surface area contributed by atoms with Gasteiger partial charge in [0.2, 0.25) is 5.91 Å². The molecule has 0 saturated heterocycles. The number of rotatable bonds is 7. The molecule has 1 N–H and O–H groups in total. The van der Waals surface area contributed by atoms with Crippen LogP contribution < -0.4 is 10.9 Å². The maximum atomic E-state index is 11.9. The van der Waals surface area contributed by atoms with Gasteiger partial charge in [-0.2, -0.15) is 0 Å². The molecule has 0 saturated carbocycles. The normalized spacial score (nSPS) is 10.4. The van der Waals surface area contributed by atoms with Crippen LogP contribution in [0.5, 0.6) is 0 Å². The molecule has 0 spiro atoms. The van der Waals surface area contributed by atoms with Gasteiger partial charge in [-0.1, -0.05) is 18.2 Å². The number of aromatic nitrogens is 1. The van der Waals surface area contributed by atoms with Crippen molar-refractivity contribution in [3.63, 3.8) is 0 Å². The molecule has 7 heteroatoms. The van der Waals surface area contributed by atoms with Crippen molar-refractivity contribution >= 4 is 11.6 Å². The van der Waals surface area contributed by atoms with Crippen molar-refractivity contribution in [2.45, 2.75) is 26.3 Å². The molecular formula is C17H19N3O4. The highest BCUT2D eigenvalue weighted by molar-refractivity contribution is 5.79. The second-order valence-corrected chi connectivity index (χ2v) is 5.50. The van der Waals surface area contributed by atoms with E-state index in [9.17, 15) is 19.7 Å². The Morgan fingerprint density at radius 2 is 2.04 bits per heavy atom. The van der Waals surface area contributed by atoms with Gasteiger partial charge in [0.1, 0.15) is 0 Å². The summed E-state index contributed by atoms with van der Waals surface area (Å²) in [5, 5.41) is 13.6. The molecule has 0 bridgehead atoms. The first-order chi connectivity index (χ1) is 11.5. The third-order valence-electron chi connectivity index (χ3n) is 3.59. The number of hydrogen-bond donors (Lipinski definition) is 1. The van der Waals surface area contributed by atoms with E-state index in [1.54, 1.807) is 35.0 Å². The molecule has 0 aliphatic heterocycles. The van der Waals surface area contributed by atoms with E-state index in [0.717, 1.165) is 5.56 Å². The summed E-state index contributed by atoms with van der Waals surface area (Å²) >= 11 is 0. The van der Waals surface area contributed by atoms with Crippen molar-refractivity contribution in [3.05, 3.63) is 74.2 Å². The van der Waals surface area contributed by atoms with Crippen LogP contribution in [0.3, 0.4) is 0 Å². The lowest BCUT2D eigenvalue weighted by Gasteiger charge is -2.08. The Bertz CT molecular complexity index is 798. The van der Waals surface area contributed by atoms with Gasteiger partial charge in [0.25, 0.3) is 11.2 Å². The lowest BCUT2D eigenvalue weighted by molar-refractivity contribution is -0.385. The van der Waals surface area contributed by atoms with Crippen LogP contribution in [0.25, 0.3) is 0 Å². The Labute approximate surface area is 139 Å². The summed E-state index contributed by atoms with van der Waals surface area (Å²) in [4.78, 5) is 34.1. The lowest BCUT2D eigenvalue weighted by atomic mass is 10.1. The van der Waals surface area contributed by atoms with Crippen molar-refractivity contribution in [1.82, 2.24) is 9.88 Å². The molecular weight excluding hydrogens is 310 g/mol. The smallest absolute Gasteiger partial charge is 0.273 e. The number of benzene rings is 1. The summed E-state index contributed by atoms with van der Waals surface area (Å²) in [6.07, 6.45) is 2.29. The second kappa shape index (κ2) is 8.05. The van der Waals surface area contributed by atoms with Crippen molar-refractivity contribution in [3.8, 4) is 0 Å². The summed E-state index contributed by atoms with van der Waals surface area (Å²) in [5.74, 6) is -0.277. The van der Waals surface area contributed by atoms with Gasteiger partial charge < -0.3 is 9.88 Å². The summed E-state index contributed by atoms with van der Waals surface area (Å²) in [5.41, 5.74) is 1.17. The number of hydrogen-bond acceptors (Lipinski definition) is 4. The first-order valence-corrected chi connectivity index (χ1v) is 7.63. The molecule has 1 aromatic carbocycles. The number of nitrogens with one attached hydrogen (secondary N) is 1. The number of aryl methyl sites for hydroxylation is 2. The Balaban J connectivity index is 1.82. The number of carbonyl (C=O) groups excluding carboxylic acids is 1. The largest absolute Gasteiger partial charge is 0.356 e. The fourth-order valence-electron chi connectivity index (χ4n) is 2.34. The minimum atomic E-state index is -0.494. The minimum absolute atomic E-state index is 0.0400. The van der Waals surface area contributed by atoms with E-state index in [4.69, 9.17) is 0 Å². The van der Waals surface area contributed by atoms with Gasteiger partial charge in [0.15, 0.2) is 0 Å². The van der Waals surface area contributed by atoms with E-state index in [1.807, 2.05) is 13.0 Å². The molecule has 1 heterocycles. The first-order valence-electron chi connectivity index (χ1n) is 7.63. The molecule has 2 aromatic rings. The van der Waals surface area contributed by atoms with Gasteiger partial charge in [0, 0.05) is 37.0 Å².